The highest BCUT2D eigenvalue weighted by Crippen LogP contribution is 2.32. The molecule has 1 N–H and O–H groups in total. The lowest BCUT2D eigenvalue weighted by Crippen LogP contribution is -2.19. The molecule has 2 aromatic rings. The predicted molar refractivity (Wildman–Crippen MR) is 62.2 cm³/mol. The molecule has 1 aliphatic heterocycles. The molecule has 0 saturated carbocycles. The maximum absolute atomic E-state index is 9.33. The molecule has 0 radical (unpaired) electrons. The molecule has 0 bridgehead atoms. The summed E-state index contributed by atoms with van der Waals surface area (Å²) in [5, 5.41) is 10.5. The van der Waals surface area contributed by atoms with E-state index in [4.69, 9.17) is 4.42 Å². The molecule has 0 aliphatic carbocycles. The van der Waals surface area contributed by atoms with Gasteiger partial charge in [0, 0.05) is 24.0 Å². The van der Waals surface area contributed by atoms with Crippen molar-refractivity contribution in [2.75, 3.05) is 13.6 Å². The summed E-state index contributed by atoms with van der Waals surface area (Å²) >= 11 is 0. The van der Waals surface area contributed by atoms with Crippen LogP contribution in [-0.4, -0.2) is 23.6 Å². The van der Waals surface area contributed by atoms with Gasteiger partial charge in [-0.25, -0.2) is 0 Å². The Morgan fingerprint density at radius 1 is 1.44 bits per heavy atom. The maximum Gasteiger partial charge on any atom is 0.135 e. The molecule has 0 fully saturated rings. The van der Waals surface area contributed by atoms with Gasteiger partial charge in [0.25, 0.3) is 0 Å². The van der Waals surface area contributed by atoms with Crippen LogP contribution in [0.1, 0.15) is 16.9 Å². The van der Waals surface area contributed by atoms with Crippen LogP contribution in [0.25, 0.3) is 11.0 Å². The van der Waals surface area contributed by atoms with Crippen LogP contribution >= 0.6 is 0 Å². The van der Waals surface area contributed by atoms with E-state index in [9.17, 15) is 5.11 Å². The number of likely N-dealkylation sites (N-methyl/N-ethyl adjacent to an activating group) is 1. The number of hydrogen-bond acceptors (Lipinski definition) is 3. The van der Waals surface area contributed by atoms with Crippen LogP contribution in [0, 0.1) is 0 Å². The second-order valence-electron chi connectivity index (χ2n) is 4.44. The lowest BCUT2D eigenvalue weighted by molar-refractivity contribution is 0.244. The zero-order valence-electron chi connectivity index (χ0n) is 9.36. The lowest BCUT2D eigenvalue weighted by atomic mass is 10.0. The van der Waals surface area contributed by atoms with E-state index >= 15 is 0 Å². The van der Waals surface area contributed by atoms with Gasteiger partial charge in [0.2, 0.25) is 0 Å². The Morgan fingerprint density at radius 3 is 3.12 bits per heavy atom. The Hall–Kier alpha value is -1.32. The van der Waals surface area contributed by atoms with E-state index < -0.39 is 0 Å². The van der Waals surface area contributed by atoms with E-state index in [1.54, 1.807) is 0 Å². The van der Waals surface area contributed by atoms with Crippen molar-refractivity contribution in [1.29, 1.82) is 0 Å². The third kappa shape index (κ3) is 1.36. The summed E-state index contributed by atoms with van der Waals surface area (Å²) in [4.78, 5) is 2.27. The molecule has 1 aromatic heterocycles. The highest BCUT2D eigenvalue weighted by atomic mass is 16.4. The fourth-order valence-electron chi connectivity index (χ4n) is 2.50. The van der Waals surface area contributed by atoms with Crippen molar-refractivity contribution in [2.24, 2.45) is 0 Å². The Labute approximate surface area is 94.3 Å². The number of hydrogen-bond donors (Lipinski definition) is 1. The average Bonchev–Trinajstić information content (AvgIpc) is 2.55. The summed E-state index contributed by atoms with van der Waals surface area (Å²) in [5.74, 6) is 0.719. The van der Waals surface area contributed by atoms with Gasteiger partial charge in [0.15, 0.2) is 0 Å². The van der Waals surface area contributed by atoms with Crippen molar-refractivity contribution in [3.8, 4) is 0 Å². The highest BCUT2D eigenvalue weighted by molar-refractivity contribution is 5.86. The molecular formula is C13H15NO2. The van der Waals surface area contributed by atoms with Crippen LogP contribution in [0.2, 0.25) is 0 Å². The first-order chi connectivity index (χ1) is 7.79. The minimum Gasteiger partial charge on any atom is -0.458 e. The van der Waals surface area contributed by atoms with Crippen molar-refractivity contribution < 1.29 is 9.52 Å². The van der Waals surface area contributed by atoms with Gasteiger partial charge in [0.1, 0.15) is 18.0 Å². The predicted octanol–water partition coefficient (Wildman–Crippen LogP) is 1.91. The zero-order valence-corrected chi connectivity index (χ0v) is 9.36. The normalized spacial score (nSPS) is 16.6. The first-order valence-electron chi connectivity index (χ1n) is 5.61. The molecule has 3 rings (SSSR count). The van der Waals surface area contributed by atoms with Crippen molar-refractivity contribution in [3.05, 3.63) is 35.1 Å². The van der Waals surface area contributed by atoms with Gasteiger partial charge in [-0.2, -0.15) is 0 Å². The van der Waals surface area contributed by atoms with E-state index in [0.29, 0.717) is 0 Å². The molecule has 0 spiro atoms. The molecule has 1 aliphatic rings. The van der Waals surface area contributed by atoms with Gasteiger partial charge in [-0.1, -0.05) is 12.1 Å². The minimum absolute atomic E-state index is 0.0166. The van der Waals surface area contributed by atoms with Crippen LogP contribution in [0.15, 0.2) is 22.6 Å². The van der Waals surface area contributed by atoms with Gasteiger partial charge < -0.3 is 14.4 Å². The van der Waals surface area contributed by atoms with Gasteiger partial charge >= 0.3 is 0 Å². The summed E-state index contributed by atoms with van der Waals surface area (Å²) in [6.45, 7) is 1.90. The van der Waals surface area contributed by atoms with Gasteiger partial charge in [-0.15, -0.1) is 0 Å². The number of aliphatic hydroxyl groups excluding tert-OH is 1. The molecule has 0 saturated heterocycles. The van der Waals surface area contributed by atoms with E-state index in [1.807, 2.05) is 12.1 Å². The van der Waals surface area contributed by atoms with Gasteiger partial charge in [-0.05, 0) is 25.1 Å². The monoisotopic (exact) mass is 217 g/mol. The van der Waals surface area contributed by atoms with Crippen LogP contribution in [0.5, 0.6) is 0 Å². The number of benzene rings is 1. The standard InChI is InChI=1S/C13H15NO2/c1-14-6-5-9-3-2-4-11-13(9)10(7-14)12(8-15)16-11/h2-4,15H,5-8H2,1H3. The van der Waals surface area contributed by atoms with Crippen LogP contribution < -0.4 is 0 Å². The third-order valence-corrected chi connectivity index (χ3v) is 3.32. The van der Waals surface area contributed by atoms with Gasteiger partial charge in [0.05, 0.1) is 0 Å². The summed E-state index contributed by atoms with van der Waals surface area (Å²) in [5.41, 5.74) is 3.40. The molecule has 0 atom stereocenters. The summed E-state index contributed by atoms with van der Waals surface area (Å²) in [7, 11) is 2.10. The van der Waals surface area contributed by atoms with Crippen LogP contribution in [-0.2, 0) is 19.6 Å². The van der Waals surface area contributed by atoms with Crippen molar-refractivity contribution in [2.45, 2.75) is 19.6 Å². The Balaban J connectivity index is 2.32. The smallest absolute Gasteiger partial charge is 0.135 e. The molecule has 0 unspecified atom stereocenters. The topological polar surface area (TPSA) is 36.6 Å². The SMILES string of the molecule is CN1CCc2cccc3oc(CO)c(c23)C1. The quantitative estimate of drug-likeness (QED) is 0.792. The summed E-state index contributed by atoms with van der Waals surface area (Å²) in [6.07, 6.45) is 1.05. The molecule has 3 heteroatoms. The maximum atomic E-state index is 9.33. The number of nitrogens with zero attached hydrogens (tertiary/aromatic N) is 1. The fourth-order valence-corrected chi connectivity index (χ4v) is 2.50. The Bertz CT molecular complexity index is 530. The van der Waals surface area contributed by atoms with Crippen molar-refractivity contribution >= 4 is 11.0 Å². The number of furan rings is 1. The third-order valence-electron chi connectivity index (χ3n) is 3.32. The molecule has 1 aromatic carbocycles. The molecule has 0 amide bonds. The fraction of sp³-hybridized carbons (Fsp3) is 0.385. The molecular weight excluding hydrogens is 202 g/mol. The second-order valence-corrected chi connectivity index (χ2v) is 4.44. The number of aliphatic hydroxyl groups is 1. The first kappa shape index (κ1) is 9.87. The molecule has 2 heterocycles. The summed E-state index contributed by atoms with van der Waals surface area (Å²) < 4.78 is 5.69. The van der Waals surface area contributed by atoms with E-state index in [0.717, 1.165) is 36.4 Å². The zero-order chi connectivity index (χ0) is 11.1. The van der Waals surface area contributed by atoms with Crippen LogP contribution in [0.3, 0.4) is 0 Å². The van der Waals surface area contributed by atoms with E-state index in [1.165, 1.54) is 10.9 Å². The molecule has 84 valence electrons. The van der Waals surface area contributed by atoms with Crippen molar-refractivity contribution in [3.63, 3.8) is 0 Å². The second kappa shape index (κ2) is 3.61. The Morgan fingerprint density at radius 2 is 2.31 bits per heavy atom. The first-order valence-corrected chi connectivity index (χ1v) is 5.61. The summed E-state index contributed by atoms with van der Waals surface area (Å²) in [6, 6.07) is 6.16. The molecule has 16 heavy (non-hydrogen) atoms. The van der Waals surface area contributed by atoms with E-state index in [-0.39, 0.29) is 6.61 Å². The van der Waals surface area contributed by atoms with E-state index in [2.05, 4.69) is 18.0 Å². The lowest BCUT2D eigenvalue weighted by Gasteiger charge is -2.12. The number of rotatable bonds is 1. The van der Waals surface area contributed by atoms with Gasteiger partial charge in [-0.3, -0.25) is 0 Å². The highest BCUT2D eigenvalue weighted by Gasteiger charge is 2.20. The minimum atomic E-state index is -0.0166. The van der Waals surface area contributed by atoms with Crippen molar-refractivity contribution in [1.82, 2.24) is 4.90 Å². The average molecular weight is 217 g/mol. The van der Waals surface area contributed by atoms with Crippen LogP contribution in [0.4, 0.5) is 0 Å². The molecule has 3 nitrogen and oxygen atoms in total. The largest absolute Gasteiger partial charge is 0.458 e. The Kier molecular flexibility index (Phi) is 2.23.